The standard InChI is InChI=1S/C24H22N4O5S/c1-14-5-6-19(21-11-12-23(30)28(25-21)24-15(2)26-33-17(24)4)13-22(14)34(31,32)27-20-9-7-18(8-10-20)16(3)29/h5-13,27H,1-4H3. The fraction of sp³-hybridized carbons (Fsp3) is 0.167. The molecule has 9 nitrogen and oxygen atoms in total. The maximum Gasteiger partial charge on any atom is 0.271 e. The molecule has 10 heteroatoms. The van der Waals surface area contributed by atoms with Gasteiger partial charge < -0.3 is 4.52 Å². The number of nitrogens with zero attached hydrogens (tertiary/aromatic N) is 3. The summed E-state index contributed by atoms with van der Waals surface area (Å²) >= 11 is 0. The molecule has 4 rings (SSSR count). The number of benzene rings is 2. The summed E-state index contributed by atoms with van der Waals surface area (Å²) in [5.74, 6) is 0.333. The van der Waals surface area contributed by atoms with Crippen molar-refractivity contribution in [1.82, 2.24) is 14.9 Å². The summed E-state index contributed by atoms with van der Waals surface area (Å²) in [6.45, 7) is 6.52. The van der Waals surface area contributed by atoms with Crippen LogP contribution in [0.1, 0.15) is 34.3 Å². The highest BCUT2D eigenvalue weighted by molar-refractivity contribution is 7.92. The molecule has 2 heterocycles. The number of aromatic nitrogens is 3. The summed E-state index contributed by atoms with van der Waals surface area (Å²) in [5, 5.41) is 8.29. The van der Waals surface area contributed by atoms with Crippen LogP contribution in [0.5, 0.6) is 0 Å². The lowest BCUT2D eigenvalue weighted by atomic mass is 10.1. The Labute approximate surface area is 196 Å². The number of Topliss-reactive ketones (excluding diaryl/α,β-unsaturated/α-hetero) is 1. The van der Waals surface area contributed by atoms with Gasteiger partial charge in [0, 0.05) is 22.9 Å². The molecule has 0 aliphatic carbocycles. The first-order valence-corrected chi connectivity index (χ1v) is 11.8. The first-order chi connectivity index (χ1) is 16.1. The van der Waals surface area contributed by atoms with Gasteiger partial charge in [0.2, 0.25) is 0 Å². The zero-order chi connectivity index (χ0) is 24.6. The minimum absolute atomic E-state index is 0.0672. The van der Waals surface area contributed by atoms with Gasteiger partial charge in [0.05, 0.1) is 10.6 Å². The molecule has 0 saturated carbocycles. The Hall–Kier alpha value is -4.05. The second-order valence-corrected chi connectivity index (χ2v) is 9.51. The number of sulfonamides is 1. The van der Waals surface area contributed by atoms with Gasteiger partial charge >= 0.3 is 0 Å². The van der Waals surface area contributed by atoms with E-state index in [0.29, 0.717) is 45.2 Å². The molecule has 34 heavy (non-hydrogen) atoms. The van der Waals surface area contributed by atoms with Gasteiger partial charge in [0.1, 0.15) is 11.4 Å². The number of rotatable bonds is 6. The summed E-state index contributed by atoms with van der Waals surface area (Å²) in [6, 6.07) is 14.0. The highest BCUT2D eigenvalue weighted by Gasteiger charge is 2.20. The van der Waals surface area contributed by atoms with E-state index in [1.807, 2.05) is 0 Å². The molecule has 2 aromatic carbocycles. The molecule has 0 radical (unpaired) electrons. The summed E-state index contributed by atoms with van der Waals surface area (Å²) in [4.78, 5) is 24.0. The summed E-state index contributed by atoms with van der Waals surface area (Å²) in [6.07, 6.45) is 0. The van der Waals surface area contributed by atoms with Crippen LogP contribution in [-0.4, -0.2) is 29.1 Å². The lowest BCUT2D eigenvalue weighted by Gasteiger charge is -2.13. The number of nitrogens with one attached hydrogen (secondary N) is 1. The molecule has 0 saturated heterocycles. The Bertz CT molecular complexity index is 1550. The SMILES string of the molecule is CC(=O)c1ccc(NS(=O)(=O)c2cc(-c3ccc(=O)n(-c4c(C)noc4C)n3)ccc2C)cc1. The normalized spacial score (nSPS) is 11.4. The average Bonchev–Trinajstić information content (AvgIpc) is 3.12. The third-order valence-electron chi connectivity index (χ3n) is 5.32. The monoisotopic (exact) mass is 478 g/mol. The molecule has 0 unspecified atom stereocenters. The van der Waals surface area contributed by atoms with Crippen LogP contribution in [0.2, 0.25) is 0 Å². The second kappa shape index (κ2) is 8.71. The molecule has 0 aliphatic heterocycles. The molecule has 1 N–H and O–H groups in total. The van der Waals surface area contributed by atoms with Crippen molar-refractivity contribution < 1.29 is 17.7 Å². The van der Waals surface area contributed by atoms with E-state index in [4.69, 9.17) is 4.52 Å². The van der Waals surface area contributed by atoms with E-state index in [9.17, 15) is 18.0 Å². The third kappa shape index (κ3) is 4.40. The van der Waals surface area contributed by atoms with Gasteiger partial charge in [0.25, 0.3) is 15.6 Å². The van der Waals surface area contributed by atoms with Crippen molar-refractivity contribution in [1.29, 1.82) is 0 Å². The van der Waals surface area contributed by atoms with Crippen LogP contribution in [0.4, 0.5) is 5.69 Å². The molecular formula is C24H22N4O5S. The highest BCUT2D eigenvalue weighted by Crippen LogP contribution is 2.26. The fourth-order valence-electron chi connectivity index (χ4n) is 3.54. The van der Waals surface area contributed by atoms with Gasteiger partial charge in [-0.05, 0) is 69.7 Å². The lowest BCUT2D eigenvalue weighted by molar-refractivity contribution is 0.101. The number of aryl methyl sites for hydroxylation is 3. The van der Waals surface area contributed by atoms with E-state index in [-0.39, 0.29) is 16.2 Å². The first kappa shape index (κ1) is 23.1. The van der Waals surface area contributed by atoms with Crippen LogP contribution in [-0.2, 0) is 10.0 Å². The minimum atomic E-state index is -3.94. The van der Waals surface area contributed by atoms with Gasteiger partial charge in [-0.3, -0.25) is 14.3 Å². The van der Waals surface area contributed by atoms with Crippen molar-refractivity contribution in [3.63, 3.8) is 0 Å². The fourth-order valence-corrected chi connectivity index (χ4v) is 4.87. The maximum atomic E-state index is 13.1. The summed E-state index contributed by atoms with van der Waals surface area (Å²) < 4.78 is 35.2. The van der Waals surface area contributed by atoms with E-state index in [1.54, 1.807) is 45.0 Å². The quantitative estimate of drug-likeness (QED) is 0.418. The Morgan fingerprint density at radius 1 is 1.00 bits per heavy atom. The number of ketones is 1. The van der Waals surface area contributed by atoms with E-state index >= 15 is 0 Å². The third-order valence-corrected chi connectivity index (χ3v) is 6.85. The van der Waals surface area contributed by atoms with Gasteiger partial charge in [0.15, 0.2) is 11.5 Å². The van der Waals surface area contributed by atoms with Crippen LogP contribution >= 0.6 is 0 Å². The molecule has 0 amide bonds. The van der Waals surface area contributed by atoms with Crippen LogP contribution in [0.3, 0.4) is 0 Å². The first-order valence-electron chi connectivity index (χ1n) is 10.4. The Morgan fingerprint density at radius 2 is 1.71 bits per heavy atom. The maximum absolute atomic E-state index is 13.1. The van der Waals surface area contributed by atoms with Crippen LogP contribution in [0.25, 0.3) is 16.9 Å². The predicted molar refractivity (Wildman–Crippen MR) is 127 cm³/mol. The van der Waals surface area contributed by atoms with E-state index in [2.05, 4.69) is 15.0 Å². The number of anilines is 1. The topological polar surface area (TPSA) is 124 Å². The lowest BCUT2D eigenvalue weighted by Crippen LogP contribution is -2.21. The van der Waals surface area contributed by atoms with Crippen molar-refractivity contribution in [3.05, 3.63) is 87.5 Å². The summed E-state index contributed by atoms with van der Waals surface area (Å²) in [7, 11) is -3.94. The number of hydrogen-bond donors (Lipinski definition) is 1. The van der Waals surface area contributed by atoms with Crippen molar-refractivity contribution in [3.8, 4) is 16.9 Å². The summed E-state index contributed by atoms with van der Waals surface area (Å²) in [5.41, 5.74) is 2.86. The molecule has 4 aromatic rings. The molecule has 0 aliphatic rings. The number of carbonyl (C=O) groups excluding carboxylic acids is 1. The zero-order valence-electron chi connectivity index (χ0n) is 19.0. The van der Waals surface area contributed by atoms with Crippen molar-refractivity contribution in [2.45, 2.75) is 32.6 Å². The molecule has 0 spiro atoms. The highest BCUT2D eigenvalue weighted by atomic mass is 32.2. The predicted octanol–water partition coefficient (Wildman–Crippen LogP) is 3.82. The van der Waals surface area contributed by atoms with Crippen molar-refractivity contribution in [2.75, 3.05) is 4.72 Å². The Kier molecular flexibility index (Phi) is 5.92. The minimum Gasteiger partial charge on any atom is -0.359 e. The molecule has 0 atom stereocenters. The number of hydrogen-bond acceptors (Lipinski definition) is 7. The van der Waals surface area contributed by atoms with E-state index < -0.39 is 10.0 Å². The van der Waals surface area contributed by atoms with Crippen molar-refractivity contribution in [2.24, 2.45) is 0 Å². The van der Waals surface area contributed by atoms with Gasteiger partial charge in [-0.15, -0.1) is 0 Å². The molecule has 174 valence electrons. The van der Waals surface area contributed by atoms with E-state index in [1.165, 1.54) is 41.9 Å². The Balaban J connectivity index is 1.73. The van der Waals surface area contributed by atoms with Gasteiger partial charge in [-0.1, -0.05) is 17.3 Å². The number of carbonyl (C=O) groups is 1. The zero-order valence-corrected chi connectivity index (χ0v) is 19.8. The molecule has 2 aromatic heterocycles. The smallest absolute Gasteiger partial charge is 0.271 e. The van der Waals surface area contributed by atoms with Crippen LogP contribution < -0.4 is 10.3 Å². The van der Waals surface area contributed by atoms with Gasteiger partial charge in [-0.2, -0.15) is 9.78 Å². The molecular weight excluding hydrogens is 456 g/mol. The van der Waals surface area contributed by atoms with Crippen molar-refractivity contribution >= 4 is 21.5 Å². The largest absolute Gasteiger partial charge is 0.359 e. The van der Waals surface area contributed by atoms with Crippen LogP contribution in [0.15, 0.2) is 68.8 Å². The second-order valence-electron chi connectivity index (χ2n) is 7.86. The molecule has 0 bridgehead atoms. The van der Waals surface area contributed by atoms with E-state index in [0.717, 1.165) is 0 Å². The molecule has 0 fully saturated rings. The average molecular weight is 479 g/mol. The Morgan fingerprint density at radius 3 is 2.32 bits per heavy atom. The van der Waals surface area contributed by atoms with Gasteiger partial charge in [-0.25, -0.2) is 8.42 Å². The van der Waals surface area contributed by atoms with Crippen LogP contribution in [0, 0.1) is 20.8 Å².